The van der Waals surface area contributed by atoms with Gasteiger partial charge in [0.05, 0.1) is 0 Å². The van der Waals surface area contributed by atoms with Crippen LogP contribution in [0.4, 0.5) is 0 Å². The van der Waals surface area contributed by atoms with Crippen LogP contribution in [-0.4, -0.2) is 5.78 Å². The molecule has 0 unspecified atom stereocenters. The van der Waals surface area contributed by atoms with E-state index in [4.69, 9.17) is 0 Å². The Balaban J connectivity index is 2.12. The largest absolute Gasteiger partial charge is 0.289 e. The second kappa shape index (κ2) is 5.00. The number of hydrogen-bond acceptors (Lipinski definition) is 1. The van der Waals surface area contributed by atoms with Gasteiger partial charge in [-0.15, -0.1) is 0 Å². The monoisotopic (exact) mass is 276 g/mol. The van der Waals surface area contributed by atoms with Crippen molar-refractivity contribution in [2.45, 2.75) is 32.6 Å². The van der Waals surface area contributed by atoms with E-state index in [1.807, 2.05) is 30.3 Å². The van der Waals surface area contributed by atoms with Crippen LogP contribution in [0, 0.1) is 6.92 Å². The lowest BCUT2D eigenvalue weighted by Crippen LogP contribution is -2.29. The second-order valence-electron chi connectivity index (χ2n) is 6.46. The number of aryl methyl sites for hydroxylation is 1. The van der Waals surface area contributed by atoms with Gasteiger partial charge in [-0.1, -0.05) is 62.4 Å². The molecule has 0 spiro atoms. The Morgan fingerprint density at radius 2 is 1.67 bits per heavy atom. The van der Waals surface area contributed by atoms with Crippen molar-refractivity contribution in [3.8, 4) is 0 Å². The van der Waals surface area contributed by atoms with Gasteiger partial charge < -0.3 is 0 Å². The summed E-state index contributed by atoms with van der Waals surface area (Å²) in [7, 11) is 0. The van der Waals surface area contributed by atoms with E-state index in [9.17, 15) is 4.79 Å². The SMILES string of the molecule is Cc1ccccc1C=C1CC(C)(C)c2ccccc2C1=O. The maximum Gasteiger partial charge on any atom is 0.189 e. The summed E-state index contributed by atoms with van der Waals surface area (Å²) in [4.78, 5) is 12.8. The van der Waals surface area contributed by atoms with E-state index in [1.165, 1.54) is 5.56 Å². The third kappa shape index (κ3) is 2.44. The van der Waals surface area contributed by atoms with Crippen molar-refractivity contribution in [3.63, 3.8) is 0 Å². The average Bonchev–Trinajstić information content (AvgIpc) is 2.47. The molecule has 0 saturated carbocycles. The number of fused-ring (bicyclic) bond motifs is 1. The molecule has 3 rings (SSSR count). The number of ketones is 1. The van der Waals surface area contributed by atoms with Crippen LogP contribution in [0.15, 0.2) is 54.1 Å². The Bertz CT molecular complexity index is 735. The molecule has 0 N–H and O–H groups in total. The van der Waals surface area contributed by atoms with Crippen LogP contribution in [0.2, 0.25) is 0 Å². The molecule has 1 aliphatic carbocycles. The predicted molar refractivity (Wildman–Crippen MR) is 87.6 cm³/mol. The smallest absolute Gasteiger partial charge is 0.189 e. The molecule has 0 aliphatic heterocycles. The Hall–Kier alpha value is -2.15. The highest BCUT2D eigenvalue weighted by Crippen LogP contribution is 2.39. The lowest BCUT2D eigenvalue weighted by atomic mass is 9.70. The number of benzene rings is 2. The number of carbonyl (C=O) groups is 1. The third-order valence-corrected chi connectivity index (χ3v) is 4.34. The maximum atomic E-state index is 12.8. The summed E-state index contributed by atoms with van der Waals surface area (Å²) < 4.78 is 0. The van der Waals surface area contributed by atoms with E-state index in [0.29, 0.717) is 0 Å². The van der Waals surface area contributed by atoms with Crippen LogP contribution in [0.25, 0.3) is 6.08 Å². The van der Waals surface area contributed by atoms with Gasteiger partial charge in [0, 0.05) is 11.1 Å². The number of allylic oxidation sites excluding steroid dienone is 1. The molecule has 0 fully saturated rings. The molecule has 1 aliphatic rings. The summed E-state index contributed by atoms with van der Waals surface area (Å²) in [5, 5.41) is 0. The fourth-order valence-electron chi connectivity index (χ4n) is 3.15. The molecule has 1 heteroatoms. The maximum absolute atomic E-state index is 12.8. The van der Waals surface area contributed by atoms with Gasteiger partial charge in [0.25, 0.3) is 0 Å². The molecule has 0 amide bonds. The number of rotatable bonds is 1. The first-order valence-electron chi connectivity index (χ1n) is 7.39. The van der Waals surface area contributed by atoms with Crippen LogP contribution in [0.1, 0.15) is 47.3 Å². The summed E-state index contributed by atoms with van der Waals surface area (Å²) in [6, 6.07) is 16.2. The third-order valence-electron chi connectivity index (χ3n) is 4.34. The molecule has 0 heterocycles. The lowest BCUT2D eigenvalue weighted by Gasteiger charge is -2.33. The highest BCUT2D eigenvalue weighted by Gasteiger charge is 2.34. The van der Waals surface area contributed by atoms with Crippen molar-refractivity contribution >= 4 is 11.9 Å². The zero-order valence-corrected chi connectivity index (χ0v) is 12.8. The van der Waals surface area contributed by atoms with Crippen molar-refractivity contribution in [2.24, 2.45) is 0 Å². The van der Waals surface area contributed by atoms with Gasteiger partial charge in [-0.3, -0.25) is 4.79 Å². The van der Waals surface area contributed by atoms with Gasteiger partial charge in [0.2, 0.25) is 0 Å². The number of Topliss-reactive ketones (excluding diaryl/α,β-unsaturated/α-hetero) is 1. The van der Waals surface area contributed by atoms with E-state index in [1.54, 1.807) is 0 Å². The zero-order chi connectivity index (χ0) is 15.0. The van der Waals surface area contributed by atoms with Crippen molar-refractivity contribution in [2.75, 3.05) is 0 Å². The fraction of sp³-hybridized carbons (Fsp3) is 0.250. The normalized spacial score (nSPS) is 18.6. The standard InChI is InChI=1S/C20H20O/c1-14-8-4-5-9-15(14)12-16-13-20(2,3)18-11-7-6-10-17(18)19(16)21/h4-12H,13H2,1-3H3. The molecule has 0 atom stereocenters. The quantitative estimate of drug-likeness (QED) is 0.674. The van der Waals surface area contributed by atoms with E-state index in [2.05, 4.69) is 45.0 Å². The Kier molecular flexibility index (Phi) is 3.29. The van der Waals surface area contributed by atoms with Crippen molar-refractivity contribution < 1.29 is 4.79 Å². The van der Waals surface area contributed by atoms with Gasteiger partial charge in [-0.05, 0) is 41.5 Å². The molecular formula is C20H20O. The predicted octanol–water partition coefficient (Wildman–Crippen LogP) is 4.94. The zero-order valence-electron chi connectivity index (χ0n) is 12.8. The summed E-state index contributed by atoms with van der Waals surface area (Å²) in [5.41, 5.74) is 5.27. The molecule has 1 nitrogen and oxygen atoms in total. The molecule has 2 aromatic rings. The van der Waals surface area contributed by atoms with Gasteiger partial charge in [-0.25, -0.2) is 0 Å². The molecule has 0 saturated heterocycles. The fourth-order valence-corrected chi connectivity index (χ4v) is 3.15. The molecule has 21 heavy (non-hydrogen) atoms. The van der Waals surface area contributed by atoms with Gasteiger partial charge in [0.1, 0.15) is 0 Å². The molecule has 0 radical (unpaired) electrons. The summed E-state index contributed by atoms with van der Waals surface area (Å²) >= 11 is 0. The van der Waals surface area contributed by atoms with Gasteiger partial charge in [-0.2, -0.15) is 0 Å². The summed E-state index contributed by atoms with van der Waals surface area (Å²) in [6.45, 7) is 6.51. The van der Waals surface area contributed by atoms with Crippen molar-refractivity contribution in [1.82, 2.24) is 0 Å². The van der Waals surface area contributed by atoms with E-state index in [0.717, 1.165) is 28.7 Å². The second-order valence-corrected chi connectivity index (χ2v) is 6.46. The van der Waals surface area contributed by atoms with Crippen LogP contribution in [0.5, 0.6) is 0 Å². The topological polar surface area (TPSA) is 17.1 Å². The van der Waals surface area contributed by atoms with Gasteiger partial charge in [0.15, 0.2) is 5.78 Å². The van der Waals surface area contributed by atoms with E-state index < -0.39 is 0 Å². The molecule has 0 bridgehead atoms. The first-order chi connectivity index (χ1) is 9.99. The highest BCUT2D eigenvalue weighted by atomic mass is 16.1. The minimum atomic E-state index is -0.000970. The van der Waals surface area contributed by atoms with E-state index in [-0.39, 0.29) is 11.2 Å². The van der Waals surface area contributed by atoms with Crippen LogP contribution < -0.4 is 0 Å². The first-order valence-corrected chi connectivity index (χ1v) is 7.39. The molecular weight excluding hydrogens is 256 g/mol. The first kappa shape index (κ1) is 13.8. The number of carbonyl (C=O) groups excluding carboxylic acids is 1. The Morgan fingerprint density at radius 1 is 1.00 bits per heavy atom. The Morgan fingerprint density at radius 3 is 2.43 bits per heavy atom. The van der Waals surface area contributed by atoms with Gasteiger partial charge >= 0.3 is 0 Å². The van der Waals surface area contributed by atoms with E-state index >= 15 is 0 Å². The molecule has 0 aromatic heterocycles. The Labute approximate surface area is 126 Å². The van der Waals surface area contributed by atoms with Crippen molar-refractivity contribution in [1.29, 1.82) is 0 Å². The van der Waals surface area contributed by atoms with Crippen LogP contribution in [-0.2, 0) is 5.41 Å². The molecule has 2 aromatic carbocycles. The minimum absolute atomic E-state index is 0.000970. The lowest BCUT2D eigenvalue weighted by molar-refractivity contribution is 0.101. The van der Waals surface area contributed by atoms with Crippen LogP contribution in [0.3, 0.4) is 0 Å². The summed E-state index contributed by atoms with van der Waals surface area (Å²) in [6.07, 6.45) is 2.85. The average molecular weight is 276 g/mol. The minimum Gasteiger partial charge on any atom is -0.289 e. The number of hydrogen-bond donors (Lipinski definition) is 0. The molecule has 106 valence electrons. The highest BCUT2D eigenvalue weighted by molar-refractivity contribution is 6.13. The summed E-state index contributed by atoms with van der Waals surface area (Å²) in [5.74, 6) is 0.174. The van der Waals surface area contributed by atoms with Crippen molar-refractivity contribution in [3.05, 3.63) is 76.4 Å². The van der Waals surface area contributed by atoms with Crippen LogP contribution >= 0.6 is 0 Å².